The van der Waals surface area contributed by atoms with Gasteiger partial charge in [0.05, 0.1) is 12.0 Å². The predicted octanol–water partition coefficient (Wildman–Crippen LogP) is -2.64. The molecule has 0 aromatic heterocycles. The fourth-order valence-electron chi connectivity index (χ4n) is 2.89. The van der Waals surface area contributed by atoms with Crippen molar-refractivity contribution in [2.75, 3.05) is 19.6 Å². The standard InChI is InChI=1S/C11H17N5O7S/c17-9(6-3-12-4-6)13-14-10(18)8-2-1-7-5-15(8)11(19)16(7)23-24(20,21)22/h6-8,12H,1-5H2,(H,13,17)(H,14,18)(H,20,21,22)/t7-,8-/m0/s1. The highest BCUT2D eigenvalue weighted by atomic mass is 32.3. The highest BCUT2D eigenvalue weighted by Crippen LogP contribution is 2.30. The lowest BCUT2D eigenvalue weighted by molar-refractivity contribution is -0.134. The van der Waals surface area contributed by atoms with Gasteiger partial charge >= 0.3 is 16.4 Å². The summed E-state index contributed by atoms with van der Waals surface area (Å²) in [5, 5.41) is 3.49. The summed E-state index contributed by atoms with van der Waals surface area (Å²) in [6.07, 6.45) is 0.588. The van der Waals surface area contributed by atoms with Gasteiger partial charge in [-0.05, 0) is 12.8 Å². The quantitative estimate of drug-likeness (QED) is 0.312. The first-order chi connectivity index (χ1) is 11.3. The summed E-state index contributed by atoms with van der Waals surface area (Å²) >= 11 is 0. The Labute approximate surface area is 137 Å². The number of piperidine rings is 1. The van der Waals surface area contributed by atoms with Crippen LogP contribution in [0.15, 0.2) is 0 Å². The van der Waals surface area contributed by atoms with Crippen LogP contribution in [-0.4, -0.2) is 72.5 Å². The molecule has 2 bridgehead atoms. The predicted molar refractivity (Wildman–Crippen MR) is 76.0 cm³/mol. The van der Waals surface area contributed by atoms with Crippen LogP contribution in [0.3, 0.4) is 0 Å². The second-order valence-corrected chi connectivity index (χ2v) is 6.85. The van der Waals surface area contributed by atoms with Crippen molar-refractivity contribution in [2.24, 2.45) is 5.92 Å². The minimum absolute atomic E-state index is 0.0902. The van der Waals surface area contributed by atoms with E-state index in [1.807, 2.05) is 0 Å². The van der Waals surface area contributed by atoms with Gasteiger partial charge in [0.15, 0.2) is 0 Å². The third-order valence-corrected chi connectivity index (χ3v) is 4.61. The zero-order chi connectivity index (χ0) is 17.5. The summed E-state index contributed by atoms with van der Waals surface area (Å²) in [7, 11) is -4.83. The van der Waals surface area contributed by atoms with Crippen LogP contribution in [0.5, 0.6) is 0 Å². The van der Waals surface area contributed by atoms with Gasteiger partial charge < -0.3 is 10.2 Å². The third-order valence-electron chi connectivity index (χ3n) is 4.26. The van der Waals surface area contributed by atoms with Crippen molar-refractivity contribution >= 4 is 28.2 Å². The molecule has 3 heterocycles. The fourth-order valence-corrected chi connectivity index (χ4v) is 3.28. The molecule has 3 aliphatic heterocycles. The molecule has 12 nitrogen and oxygen atoms in total. The number of hydrogen-bond donors (Lipinski definition) is 4. The maximum atomic E-state index is 12.2. The summed E-state index contributed by atoms with van der Waals surface area (Å²) in [4.78, 5) is 37.2. The van der Waals surface area contributed by atoms with E-state index in [4.69, 9.17) is 4.55 Å². The van der Waals surface area contributed by atoms with E-state index in [2.05, 4.69) is 20.5 Å². The molecule has 3 fully saturated rings. The summed E-state index contributed by atoms with van der Waals surface area (Å²) in [6.45, 7) is 1.17. The second kappa shape index (κ2) is 6.16. The Bertz CT molecular complexity index is 664. The first kappa shape index (κ1) is 16.9. The number of carbonyl (C=O) groups excluding carboxylic acids is 3. The molecule has 0 aromatic rings. The van der Waals surface area contributed by atoms with E-state index in [0.29, 0.717) is 24.6 Å². The first-order valence-electron chi connectivity index (χ1n) is 7.33. The zero-order valence-electron chi connectivity index (χ0n) is 12.5. The molecule has 24 heavy (non-hydrogen) atoms. The lowest BCUT2D eigenvalue weighted by Crippen LogP contribution is -2.58. The van der Waals surface area contributed by atoms with Gasteiger partial charge in [0, 0.05) is 19.6 Å². The Hall–Kier alpha value is -1.96. The number of hydrazine groups is 1. The Morgan fingerprint density at radius 2 is 1.88 bits per heavy atom. The topological polar surface area (TPSA) is 157 Å². The van der Waals surface area contributed by atoms with E-state index in [-0.39, 0.29) is 24.8 Å². The van der Waals surface area contributed by atoms with Crippen molar-refractivity contribution in [2.45, 2.75) is 24.9 Å². The SMILES string of the molecule is O=C(NNC(=O)[C@@H]1CC[C@H]2CN1C(=O)N2OS(=O)(=O)O)C1CNC1. The van der Waals surface area contributed by atoms with Crippen molar-refractivity contribution in [1.29, 1.82) is 0 Å². The van der Waals surface area contributed by atoms with Crippen LogP contribution in [-0.2, 0) is 24.3 Å². The van der Waals surface area contributed by atoms with Crippen LogP contribution in [0.2, 0.25) is 0 Å². The number of urea groups is 1. The number of nitrogens with one attached hydrogen (secondary N) is 3. The van der Waals surface area contributed by atoms with Gasteiger partial charge in [0.2, 0.25) is 5.91 Å². The Kier molecular flexibility index (Phi) is 4.33. The maximum Gasteiger partial charge on any atom is 0.418 e. The summed E-state index contributed by atoms with van der Waals surface area (Å²) < 4.78 is 34.6. The maximum absolute atomic E-state index is 12.2. The minimum Gasteiger partial charge on any atom is -0.315 e. The lowest BCUT2D eigenvalue weighted by atomic mass is 10.0. The highest BCUT2D eigenvalue weighted by molar-refractivity contribution is 7.80. The molecule has 13 heteroatoms. The lowest BCUT2D eigenvalue weighted by Gasteiger charge is -2.30. The number of rotatable bonds is 4. The molecule has 0 aromatic carbocycles. The monoisotopic (exact) mass is 363 g/mol. The van der Waals surface area contributed by atoms with Gasteiger partial charge in [0.1, 0.15) is 6.04 Å². The van der Waals surface area contributed by atoms with Crippen LogP contribution in [0, 0.1) is 5.92 Å². The van der Waals surface area contributed by atoms with E-state index < -0.39 is 34.4 Å². The Morgan fingerprint density at radius 3 is 2.46 bits per heavy atom. The van der Waals surface area contributed by atoms with Gasteiger partial charge in [-0.25, -0.2) is 4.79 Å². The molecular weight excluding hydrogens is 346 g/mol. The Balaban J connectivity index is 1.58. The molecule has 0 radical (unpaired) electrons. The van der Waals surface area contributed by atoms with Gasteiger partial charge in [-0.15, -0.1) is 4.28 Å². The van der Waals surface area contributed by atoms with E-state index in [1.54, 1.807) is 0 Å². The molecule has 0 saturated carbocycles. The molecule has 2 atom stereocenters. The largest absolute Gasteiger partial charge is 0.418 e. The van der Waals surface area contributed by atoms with Crippen molar-refractivity contribution in [3.63, 3.8) is 0 Å². The van der Waals surface area contributed by atoms with Crippen LogP contribution in [0.4, 0.5) is 4.79 Å². The van der Waals surface area contributed by atoms with Crippen LogP contribution in [0.25, 0.3) is 0 Å². The molecule has 134 valence electrons. The average Bonchev–Trinajstić information content (AvgIpc) is 2.67. The molecule has 3 rings (SSSR count). The highest BCUT2D eigenvalue weighted by Gasteiger charge is 2.49. The molecular formula is C11H17N5O7S. The van der Waals surface area contributed by atoms with Gasteiger partial charge in [-0.3, -0.25) is 25.0 Å². The molecule has 3 saturated heterocycles. The van der Waals surface area contributed by atoms with E-state index in [1.165, 1.54) is 0 Å². The van der Waals surface area contributed by atoms with Crippen molar-refractivity contribution in [3.8, 4) is 0 Å². The number of nitrogens with zero attached hydrogens (tertiary/aromatic N) is 2. The minimum atomic E-state index is -4.83. The van der Waals surface area contributed by atoms with Crippen LogP contribution >= 0.6 is 0 Å². The van der Waals surface area contributed by atoms with E-state index in [9.17, 15) is 22.8 Å². The summed E-state index contributed by atoms with van der Waals surface area (Å²) in [5.41, 5.74) is 4.59. The van der Waals surface area contributed by atoms with E-state index >= 15 is 0 Å². The van der Waals surface area contributed by atoms with E-state index in [0.717, 1.165) is 4.90 Å². The zero-order valence-corrected chi connectivity index (χ0v) is 13.3. The van der Waals surface area contributed by atoms with Gasteiger partial charge in [-0.1, -0.05) is 0 Å². The number of fused-ring (bicyclic) bond motifs is 2. The molecule has 3 aliphatic rings. The normalized spacial score (nSPS) is 27.0. The molecule has 4 amide bonds. The molecule has 0 unspecified atom stereocenters. The number of amides is 4. The molecule has 0 aliphatic carbocycles. The second-order valence-electron chi connectivity index (χ2n) is 5.84. The number of hydrogen-bond acceptors (Lipinski definition) is 7. The summed E-state index contributed by atoms with van der Waals surface area (Å²) in [5.74, 6) is -1.09. The van der Waals surface area contributed by atoms with Crippen molar-refractivity contribution in [1.82, 2.24) is 26.1 Å². The van der Waals surface area contributed by atoms with Crippen molar-refractivity contribution in [3.05, 3.63) is 0 Å². The van der Waals surface area contributed by atoms with Gasteiger partial charge in [-0.2, -0.15) is 13.5 Å². The van der Waals surface area contributed by atoms with Gasteiger partial charge in [0.25, 0.3) is 5.91 Å². The number of hydroxylamine groups is 2. The molecule has 0 spiro atoms. The van der Waals surface area contributed by atoms with Crippen molar-refractivity contribution < 1.29 is 31.6 Å². The average molecular weight is 363 g/mol. The third kappa shape index (κ3) is 3.28. The Morgan fingerprint density at radius 1 is 1.21 bits per heavy atom. The number of carbonyl (C=O) groups is 3. The van der Waals surface area contributed by atoms with Crippen LogP contribution in [0.1, 0.15) is 12.8 Å². The van der Waals surface area contributed by atoms with Crippen LogP contribution < -0.4 is 16.2 Å². The molecule has 4 N–H and O–H groups in total. The smallest absolute Gasteiger partial charge is 0.315 e. The first-order valence-corrected chi connectivity index (χ1v) is 8.70. The summed E-state index contributed by atoms with van der Waals surface area (Å²) in [6, 6.07) is -2.26. The fraction of sp³-hybridized carbons (Fsp3) is 0.727.